The molecule has 1 aliphatic rings. The van der Waals surface area contributed by atoms with Gasteiger partial charge in [-0.3, -0.25) is 4.79 Å². The Bertz CT molecular complexity index is 473. The van der Waals surface area contributed by atoms with E-state index < -0.39 is 0 Å². The van der Waals surface area contributed by atoms with Gasteiger partial charge in [-0.25, -0.2) is 0 Å². The molecule has 1 aromatic carbocycles. The smallest absolute Gasteiger partial charge is 0.306 e. The lowest BCUT2D eigenvalue weighted by Gasteiger charge is -2.21. The summed E-state index contributed by atoms with van der Waals surface area (Å²) in [5.74, 6) is 1.90. The molecule has 0 aliphatic carbocycles. The van der Waals surface area contributed by atoms with Crippen molar-refractivity contribution in [1.29, 1.82) is 0 Å². The van der Waals surface area contributed by atoms with Crippen LogP contribution >= 0.6 is 23.5 Å². The number of ether oxygens (including phenoxy) is 1. The maximum Gasteiger partial charge on any atom is 0.306 e. The van der Waals surface area contributed by atoms with E-state index in [0.717, 1.165) is 17.1 Å². The number of hydrogen-bond acceptors (Lipinski definition) is 6. The van der Waals surface area contributed by atoms with Gasteiger partial charge in [0.2, 0.25) is 0 Å². The molecular formula is C15H19NO3S2. The van der Waals surface area contributed by atoms with Gasteiger partial charge in [-0.05, 0) is 23.5 Å². The maximum atomic E-state index is 11.7. The molecule has 0 unspecified atom stereocenters. The minimum Gasteiger partial charge on any atom is -0.461 e. The molecular weight excluding hydrogens is 306 g/mol. The molecule has 0 spiro atoms. The van der Waals surface area contributed by atoms with Crippen molar-refractivity contribution in [2.75, 3.05) is 11.5 Å². The lowest BCUT2D eigenvalue weighted by atomic mass is 10.2. The molecule has 21 heavy (non-hydrogen) atoms. The molecule has 114 valence electrons. The Hall–Kier alpha value is -1.14. The summed E-state index contributed by atoms with van der Waals surface area (Å²) < 4.78 is 5.39. The van der Waals surface area contributed by atoms with Crippen molar-refractivity contribution < 1.29 is 14.7 Å². The number of esters is 1. The van der Waals surface area contributed by atoms with E-state index in [0.29, 0.717) is 12.1 Å². The minimum atomic E-state index is -0.259. The van der Waals surface area contributed by atoms with Crippen LogP contribution in [0.2, 0.25) is 0 Å². The third kappa shape index (κ3) is 5.63. The SMILES string of the molecule is O=C(CC/C(=N\O)C1SCCCS1)OCc1ccccc1. The van der Waals surface area contributed by atoms with Crippen molar-refractivity contribution in [2.45, 2.75) is 30.5 Å². The third-order valence-corrected chi connectivity index (χ3v) is 6.07. The maximum absolute atomic E-state index is 11.7. The molecule has 0 bridgehead atoms. The summed E-state index contributed by atoms with van der Waals surface area (Å²) in [6.07, 6.45) is 1.89. The molecule has 1 heterocycles. The van der Waals surface area contributed by atoms with E-state index in [1.165, 1.54) is 6.42 Å². The largest absolute Gasteiger partial charge is 0.461 e. The van der Waals surface area contributed by atoms with Crippen LogP contribution in [0.3, 0.4) is 0 Å². The first-order chi connectivity index (χ1) is 10.3. The number of nitrogens with zero attached hydrogens (tertiary/aromatic N) is 1. The van der Waals surface area contributed by atoms with Gasteiger partial charge >= 0.3 is 5.97 Å². The van der Waals surface area contributed by atoms with Gasteiger partial charge < -0.3 is 9.94 Å². The molecule has 1 aromatic rings. The molecule has 0 saturated carbocycles. The van der Waals surface area contributed by atoms with Crippen molar-refractivity contribution in [3.63, 3.8) is 0 Å². The van der Waals surface area contributed by atoms with Gasteiger partial charge in [0.25, 0.3) is 0 Å². The number of oxime groups is 1. The quantitative estimate of drug-likeness (QED) is 0.375. The summed E-state index contributed by atoms with van der Waals surface area (Å²) in [5, 5.41) is 12.5. The van der Waals surface area contributed by atoms with Gasteiger partial charge in [0.1, 0.15) is 6.61 Å². The third-order valence-electron chi connectivity index (χ3n) is 3.06. The Morgan fingerprint density at radius 3 is 2.62 bits per heavy atom. The van der Waals surface area contributed by atoms with Gasteiger partial charge in [-0.2, -0.15) is 0 Å². The average Bonchev–Trinajstić information content (AvgIpc) is 2.55. The minimum absolute atomic E-state index is 0.172. The second-order valence-corrected chi connectivity index (χ2v) is 7.39. The fourth-order valence-electron chi connectivity index (χ4n) is 1.94. The molecule has 0 aromatic heterocycles. The van der Waals surface area contributed by atoms with E-state index >= 15 is 0 Å². The van der Waals surface area contributed by atoms with Crippen molar-refractivity contribution in [2.24, 2.45) is 5.16 Å². The zero-order chi connectivity index (χ0) is 14.9. The Labute approximate surface area is 133 Å². The average molecular weight is 325 g/mol. The van der Waals surface area contributed by atoms with Crippen LogP contribution in [0.5, 0.6) is 0 Å². The Balaban J connectivity index is 1.72. The highest BCUT2D eigenvalue weighted by molar-refractivity contribution is 8.18. The van der Waals surface area contributed by atoms with Gasteiger partial charge in [0.15, 0.2) is 0 Å². The molecule has 0 amide bonds. The van der Waals surface area contributed by atoms with Crippen LogP contribution in [0.1, 0.15) is 24.8 Å². The Morgan fingerprint density at radius 2 is 1.95 bits per heavy atom. The first-order valence-electron chi connectivity index (χ1n) is 6.93. The van der Waals surface area contributed by atoms with E-state index in [9.17, 15) is 4.79 Å². The molecule has 1 saturated heterocycles. The van der Waals surface area contributed by atoms with Crippen LogP contribution in [0.25, 0.3) is 0 Å². The molecule has 1 N–H and O–H groups in total. The highest BCUT2D eigenvalue weighted by Crippen LogP contribution is 2.32. The van der Waals surface area contributed by atoms with Gasteiger partial charge in [-0.15, -0.1) is 23.5 Å². The summed E-state index contributed by atoms with van der Waals surface area (Å²) in [4.78, 5) is 11.7. The van der Waals surface area contributed by atoms with Crippen LogP contribution in [-0.4, -0.2) is 33.0 Å². The van der Waals surface area contributed by atoms with Crippen LogP contribution in [0.15, 0.2) is 35.5 Å². The van der Waals surface area contributed by atoms with Crippen LogP contribution in [0, 0.1) is 0 Å². The topological polar surface area (TPSA) is 58.9 Å². The molecule has 0 radical (unpaired) electrons. The van der Waals surface area contributed by atoms with Crippen molar-refractivity contribution in [1.82, 2.24) is 0 Å². The first-order valence-corrected chi connectivity index (χ1v) is 9.03. The van der Waals surface area contributed by atoms with Crippen molar-refractivity contribution in [3.05, 3.63) is 35.9 Å². The molecule has 4 nitrogen and oxygen atoms in total. The van der Waals surface area contributed by atoms with Gasteiger partial charge in [0, 0.05) is 6.42 Å². The van der Waals surface area contributed by atoms with Gasteiger partial charge in [0.05, 0.1) is 16.7 Å². The zero-order valence-electron chi connectivity index (χ0n) is 11.7. The molecule has 1 aliphatic heterocycles. The second kappa shape index (κ2) is 9.00. The van der Waals surface area contributed by atoms with Gasteiger partial charge in [-0.1, -0.05) is 35.5 Å². The summed E-state index contributed by atoms with van der Waals surface area (Å²) in [6, 6.07) is 9.59. The van der Waals surface area contributed by atoms with Crippen molar-refractivity contribution in [3.8, 4) is 0 Å². The van der Waals surface area contributed by atoms with E-state index in [2.05, 4.69) is 5.16 Å². The van der Waals surface area contributed by atoms with Crippen molar-refractivity contribution >= 4 is 35.2 Å². The normalized spacial score (nSPS) is 16.7. The number of hydrogen-bond donors (Lipinski definition) is 1. The lowest BCUT2D eigenvalue weighted by Crippen LogP contribution is -2.20. The highest BCUT2D eigenvalue weighted by Gasteiger charge is 2.21. The summed E-state index contributed by atoms with van der Waals surface area (Å²) >= 11 is 3.56. The van der Waals surface area contributed by atoms with Crippen LogP contribution < -0.4 is 0 Å². The van der Waals surface area contributed by atoms with E-state index in [1.807, 2.05) is 30.3 Å². The number of carbonyl (C=O) groups is 1. The summed E-state index contributed by atoms with van der Waals surface area (Å²) in [6.45, 7) is 0.290. The summed E-state index contributed by atoms with van der Waals surface area (Å²) in [7, 11) is 0. The molecule has 0 atom stereocenters. The predicted molar refractivity (Wildman–Crippen MR) is 88.0 cm³/mol. The predicted octanol–water partition coefficient (Wildman–Crippen LogP) is 3.54. The van der Waals surface area contributed by atoms with E-state index in [-0.39, 0.29) is 23.6 Å². The van der Waals surface area contributed by atoms with E-state index in [4.69, 9.17) is 9.94 Å². The van der Waals surface area contributed by atoms with Crippen LogP contribution in [0.4, 0.5) is 0 Å². The standard InChI is InChI=1S/C15H19NO3S2/c17-14(19-11-12-5-2-1-3-6-12)8-7-13(16-18)15-20-9-4-10-21-15/h1-3,5-6,15,18H,4,7-11H2/b16-13+. The Morgan fingerprint density at radius 1 is 1.24 bits per heavy atom. The molecule has 1 fully saturated rings. The fraction of sp³-hybridized carbons (Fsp3) is 0.467. The van der Waals surface area contributed by atoms with E-state index in [1.54, 1.807) is 23.5 Å². The van der Waals surface area contributed by atoms with Crippen LogP contribution in [-0.2, 0) is 16.1 Å². The number of carbonyl (C=O) groups excluding carboxylic acids is 1. The fourth-order valence-corrected chi connectivity index (χ4v) is 4.85. The molecule has 2 rings (SSSR count). The monoisotopic (exact) mass is 325 g/mol. The number of thioether (sulfide) groups is 2. The highest BCUT2D eigenvalue weighted by atomic mass is 32.2. The molecule has 6 heteroatoms. The number of rotatable bonds is 6. The zero-order valence-corrected chi connectivity index (χ0v) is 13.4. The lowest BCUT2D eigenvalue weighted by molar-refractivity contribution is -0.144. The first kappa shape index (κ1) is 16.2. The number of benzene rings is 1. The second-order valence-electron chi connectivity index (χ2n) is 4.66. The Kier molecular flexibility index (Phi) is 6.95. The summed E-state index contributed by atoms with van der Waals surface area (Å²) in [5.41, 5.74) is 1.65.